The standard InChI is InChI=1S/C17H27N5O9S/c1-17(2,3)30-16(26)20-8-4-5-11(20)13(23)18-19-14(24)12-7-6-10-9-21(12)15(25)22(10)31-32(27,28)29/h10-12H,4-9H2,1-3H3,(H,18,23)(H,19,24)(H,27,28,29)/t10-,11-,12+/m0/s1. The lowest BCUT2D eigenvalue weighted by atomic mass is 10.0. The topological polar surface area (TPSA) is 175 Å². The number of hydrazine groups is 1. The molecular weight excluding hydrogens is 450 g/mol. The first-order valence-electron chi connectivity index (χ1n) is 10.1. The van der Waals surface area contributed by atoms with Gasteiger partial charge in [-0.3, -0.25) is 29.9 Å². The summed E-state index contributed by atoms with van der Waals surface area (Å²) in [6.07, 6.45) is 0.816. The van der Waals surface area contributed by atoms with E-state index in [4.69, 9.17) is 9.29 Å². The molecule has 15 heteroatoms. The van der Waals surface area contributed by atoms with Crippen molar-refractivity contribution in [2.75, 3.05) is 13.1 Å². The van der Waals surface area contributed by atoms with Crippen LogP contribution in [0.5, 0.6) is 0 Å². The molecule has 0 radical (unpaired) electrons. The highest BCUT2D eigenvalue weighted by atomic mass is 32.3. The van der Waals surface area contributed by atoms with Gasteiger partial charge in [-0.05, 0) is 46.5 Å². The van der Waals surface area contributed by atoms with Crippen LogP contribution in [-0.4, -0.2) is 88.6 Å². The van der Waals surface area contributed by atoms with E-state index < -0.39 is 58.1 Å². The number of amides is 5. The average molecular weight is 477 g/mol. The summed E-state index contributed by atoms with van der Waals surface area (Å²) in [6.45, 7) is 5.51. The largest absolute Gasteiger partial charge is 0.444 e. The number of piperidine rings is 1. The van der Waals surface area contributed by atoms with Gasteiger partial charge in [0.05, 0.1) is 6.04 Å². The molecule has 0 saturated carbocycles. The normalized spacial score (nSPS) is 25.7. The summed E-state index contributed by atoms with van der Waals surface area (Å²) in [7, 11) is -4.89. The fourth-order valence-corrected chi connectivity index (χ4v) is 4.36. The monoisotopic (exact) mass is 477 g/mol. The molecule has 3 rings (SSSR count). The molecule has 0 aromatic rings. The second-order valence-electron chi connectivity index (χ2n) is 8.82. The molecule has 0 aromatic carbocycles. The van der Waals surface area contributed by atoms with E-state index in [1.807, 2.05) is 0 Å². The van der Waals surface area contributed by atoms with E-state index in [0.29, 0.717) is 24.4 Å². The summed E-state index contributed by atoms with van der Waals surface area (Å²) in [6, 6.07) is -3.31. The first kappa shape index (κ1) is 24.0. The highest BCUT2D eigenvalue weighted by molar-refractivity contribution is 7.80. The molecule has 14 nitrogen and oxygen atoms in total. The van der Waals surface area contributed by atoms with Gasteiger partial charge in [0.15, 0.2) is 0 Å². The van der Waals surface area contributed by atoms with Crippen molar-refractivity contribution >= 4 is 34.3 Å². The summed E-state index contributed by atoms with van der Waals surface area (Å²) in [5, 5.41) is 0.526. The fourth-order valence-electron chi connectivity index (χ4n) is 3.97. The Bertz CT molecular complexity index is 903. The molecule has 3 fully saturated rings. The lowest BCUT2D eigenvalue weighted by molar-refractivity contribution is -0.133. The predicted octanol–water partition coefficient (Wildman–Crippen LogP) is -0.464. The zero-order chi connectivity index (χ0) is 23.8. The smallest absolute Gasteiger partial charge is 0.418 e. The van der Waals surface area contributed by atoms with Crippen LogP contribution in [0.15, 0.2) is 0 Å². The summed E-state index contributed by atoms with van der Waals surface area (Å²) >= 11 is 0. The van der Waals surface area contributed by atoms with E-state index in [1.165, 1.54) is 4.90 Å². The van der Waals surface area contributed by atoms with Crippen molar-refractivity contribution in [2.45, 2.75) is 70.2 Å². The SMILES string of the molecule is CC(C)(C)OC(=O)N1CCC[C@H]1C(=O)NNC(=O)[C@H]1CC[C@H]2CN1C(=O)N2OS(=O)(=O)O. The highest BCUT2D eigenvalue weighted by Crippen LogP contribution is 2.30. The van der Waals surface area contributed by atoms with E-state index in [9.17, 15) is 27.6 Å². The molecule has 2 bridgehead atoms. The molecule has 5 amide bonds. The maximum atomic E-state index is 12.6. The van der Waals surface area contributed by atoms with Gasteiger partial charge in [-0.2, -0.15) is 13.5 Å². The summed E-state index contributed by atoms with van der Waals surface area (Å²) < 4.78 is 40.4. The van der Waals surface area contributed by atoms with Gasteiger partial charge in [0.1, 0.15) is 17.7 Å². The first-order chi connectivity index (χ1) is 14.8. The van der Waals surface area contributed by atoms with Crippen molar-refractivity contribution in [1.29, 1.82) is 0 Å². The molecule has 3 aliphatic heterocycles. The molecule has 0 unspecified atom stereocenters. The minimum Gasteiger partial charge on any atom is -0.444 e. The third-order valence-electron chi connectivity index (χ3n) is 5.29. The number of hydrogen-bond acceptors (Lipinski definition) is 8. The molecule has 3 heterocycles. The van der Waals surface area contributed by atoms with Crippen molar-refractivity contribution in [3.63, 3.8) is 0 Å². The molecule has 0 aliphatic carbocycles. The van der Waals surface area contributed by atoms with E-state index in [-0.39, 0.29) is 19.4 Å². The molecule has 180 valence electrons. The number of carbonyl (C=O) groups excluding carboxylic acids is 4. The minimum atomic E-state index is -4.89. The third kappa shape index (κ3) is 5.39. The molecule has 3 aliphatic rings. The van der Waals surface area contributed by atoms with Gasteiger partial charge in [0.25, 0.3) is 11.8 Å². The van der Waals surface area contributed by atoms with Gasteiger partial charge < -0.3 is 9.64 Å². The third-order valence-corrected chi connectivity index (χ3v) is 5.64. The average Bonchev–Trinajstić information content (AvgIpc) is 3.24. The number of hydrogen-bond donors (Lipinski definition) is 3. The Morgan fingerprint density at radius 1 is 1.06 bits per heavy atom. The molecule has 0 aromatic heterocycles. The number of fused-ring (bicyclic) bond motifs is 2. The first-order valence-corrected chi connectivity index (χ1v) is 11.5. The summed E-state index contributed by atoms with van der Waals surface area (Å²) in [5.74, 6) is -1.28. The molecule has 0 spiro atoms. The number of urea groups is 1. The number of ether oxygens (including phenoxy) is 1. The van der Waals surface area contributed by atoms with Crippen LogP contribution in [-0.2, 0) is 29.0 Å². The zero-order valence-corrected chi connectivity index (χ0v) is 18.8. The number of carbonyl (C=O) groups is 4. The molecule has 3 saturated heterocycles. The number of hydroxylamine groups is 2. The number of likely N-dealkylation sites (tertiary alicyclic amines) is 1. The Labute approximate surface area is 185 Å². The van der Waals surface area contributed by atoms with Crippen molar-refractivity contribution in [2.24, 2.45) is 0 Å². The quantitative estimate of drug-likeness (QED) is 0.357. The lowest BCUT2D eigenvalue weighted by Gasteiger charge is -2.30. The van der Waals surface area contributed by atoms with Crippen LogP contribution in [0.2, 0.25) is 0 Å². The van der Waals surface area contributed by atoms with Crippen LogP contribution in [0.1, 0.15) is 46.5 Å². The molecule has 3 N–H and O–H groups in total. The predicted molar refractivity (Wildman–Crippen MR) is 106 cm³/mol. The van der Waals surface area contributed by atoms with Crippen LogP contribution in [0.3, 0.4) is 0 Å². The minimum absolute atomic E-state index is 0.0232. The number of rotatable bonds is 4. The van der Waals surface area contributed by atoms with Crippen molar-refractivity contribution < 1.29 is 41.2 Å². The Morgan fingerprint density at radius 3 is 2.28 bits per heavy atom. The van der Waals surface area contributed by atoms with E-state index in [0.717, 1.165) is 4.90 Å². The Hall–Kier alpha value is -2.65. The molecule has 32 heavy (non-hydrogen) atoms. The maximum Gasteiger partial charge on any atom is 0.418 e. The fraction of sp³-hybridized carbons (Fsp3) is 0.765. The molecule has 3 atom stereocenters. The zero-order valence-electron chi connectivity index (χ0n) is 17.9. The summed E-state index contributed by atoms with van der Waals surface area (Å²) in [4.78, 5) is 52.3. The van der Waals surface area contributed by atoms with E-state index in [1.54, 1.807) is 20.8 Å². The number of nitrogens with one attached hydrogen (secondary N) is 2. The van der Waals surface area contributed by atoms with Crippen molar-refractivity contribution in [3.8, 4) is 0 Å². The van der Waals surface area contributed by atoms with Crippen LogP contribution in [0.4, 0.5) is 9.59 Å². The Balaban J connectivity index is 1.56. The van der Waals surface area contributed by atoms with Crippen LogP contribution >= 0.6 is 0 Å². The van der Waals surface area contributed by atoms with Gasteiger partial charge in [0, 0.05) is 13.1 Å². The second kappa shape index (κ2) is 8.71. The summed E-state index contributed by atoms with van der Waals surface area (Å²) in [5.41, 5.74) is 3.83. The van der Waals surface area contributed by atoms with Crippen LogP contribution in [0.25, 0.3) is 0 Å². The van der Waals surface area contributed by atoms with Gasteiger partial charge in [-0.15, -0.1) is 4.28 Å². The van der Waals surface area contributed by atoms with Gasteiger partial charge >= 0.3 is 22.5 Å². The molecular formula is C17H27N5O9S. The van der Waals surface area contributed by atoms with Crippen LogP contribution < -0.4 is 10.9 Å². The van der Waals surface area contributed by atoms with Gasteiger partial charge in [-0.1, -0.05) is 0 Å². The maximum absolute atomic E-state index is 12.6. The van der Waals surface area contributed by atoms with Crippen molar-refractivity contribution in [3.05, 3.63) is 0 Å². The Morgan fingerprint density at radius 2 is 1.69 bits per heavy atom. The van der Waals surface area contributed by atoms with E-state index in [2.05, 4.69) is 15.1 Å². The van der Waals surface area contributed by atoms with Crippen LogP contribution in [0, 0.1) is 0 Å². The Kier molecular flexibility index (Phi) is 6.53. The lowest BCUT2D eigenvalue weighted by Crippen LogP contribution is -2.57. The highest BCUT2D eigenvalue weighted by Gasteiger charge is 2.49. The van der Waals surface area contributed by atoms with Crippen molar-refractivity contribution in [1.82, 2.24) is 25.7 Å². The van der Waals surface area contributed by atoms with E-state index >= 15 is 0 Å². The second-order valence-corrected chi connectivity index (χ2v) is 9.82. The number of nitrogens with zero attached hydrogens (tertiary/aromatic N) is 3. The van der Waals surface area contributed by atoms with Gasteiger partial charge in [0.2, 0.25) is 0 Å². The van der Waals surface area contributed by atoms with Gasteiger partial charge in [-0.25, -0.2) is 9.59 Å².